The fraction of sp³-hybridized carbons (Fsp3) is 0.455. The average Bonchev–Trinajstić information content (AvgIpc) is 2.14. The predicted octanol–water partition coefficient (Wildman–Crippen LogP) is 3.27. The molecule has 0 aliphatic heterocycles. The second-order valence-corrected chi connectivity index (χ2v) is 5.02. The van der Waals surface area contributed by atoms with Crippen LogP contribution >= 0.6 is 15.9 Å². The van der Waals surface area contributed by atoms with E-state index >= 15 is 0 Å². The van der Waals surface area contributed by atoms with Gasteiger partial charge in [-0.05, 0) is 45.0 Å². The Kier molecular flexibility index (Phi) is 3.84. The van der Waals surface area contributed by atoms with E-state index < -0.39 is 11.6 Å². The van der Waals surface area contributed by atoms with Gasteiger partial charge >= 0.3 is 0 Å². The van der Waals surface area contributed by atoms with Crippen molar-refractivity contribution in [2.75, 3.05) is 7.05 Å². The molecule has 0 saturated heterocycles. The number of benzene rings is 1. The molecule has 0 aliphatic carbocycles. The third kappa shape index (κ3) is 3.24. The third-order valence-electron chi connectivity index (χ3n) is 2.40. The zero-order valence-electron chi connectivity index (χ0n) is 9.00. The van der Waals surface area contributed by atoms with Crippen LogP contribution in [0.15, 0.2) is 16.6 Å². The van der Waals surface area contributed by atoms with Gasteiger partial charge in [0.15, 0.2) is 11.6 Å². The summed E-state index contributed by atoms with van der Waals surface area (Å²) in [7, 11) is 1.84. The average molecular weight is 278 g/mol. The van der Waals surface area contributed by atoms with Gasteiger partial charge in [0.2, 0.25) is 0 Å². The summed E-state index contributed by atoms with van der Waals surface area (Å²) in [6.07, 6.45) is 0.626. The molecule has 0 fully saturated rings. The molecule has 0 amide bonds. The minimum absolute atomic E-state index is 0.146. The van der Waals surface area contributed by atoms with Crippen LogP contribution in [0, 0.1) is 11.6 Å². The molecule has 0 spiro atoms. The van der Waals surface area contributed by atoms with Crippen molar-refractivity contribution < 1.29 is 8.78 Å². The summed E-state index contributed by atoms with van der Waals surface area (Å²) in [6, 6.07) is 2.40. The maximum atomic E-state index is 13.0. The van der Waals surface area contributed by atoms with E-state index in [-0.39, 0.29) is 5.54 Å². The van der Waals surface area contributed by atoms with Crippen LogP contribution in [0.25, 0.3) is 0 Å². The molecule has 0 aliphatic rings. The first kappa shape index (κ1) is 12.6. The van der Waals surface area contributed by atoms with E-state index in [9.17, 15) is 8.78 Å². The van der Waals surface area contributed by atoms with Crippen molar-refractivity contribution in [1.29, 1.82) is 0 Å². The smallest absolute Gasteiger partial charge is 0.159 e. The Morgan fingerprint density at radius 2 is 1.80 bits per heavy atom. The fourth-order valence-electron chi connectivity index (χ4n) is 1.26. The SMILES string of the molecule is CNC(C)(C)Cc1cc(F)c(F)cc1Br. The predicted molar refractivity (Wildman–Crippen MR) is 60.9 cm³/mol. The molecule has 0 heterocycles. The molecule has 4 heteroatoms. The summed E-state index contributed by atoms with van der Waals surface area (Å²) in [5.74, 6) is -1.63. The molecule has 0 atom stereocenters. The van der Waals surface area contributed by atoms with E-state index in [0.717, 1.165) is 11.6 Å². The van der Waals surface area contributed by atoms with E-state index in [2.05, 4.69) is 21.2 Å². The molecule has 1 N–H and O–H groups in total. The minimum Gasteiger partial charge on any atom is -0.314 e. The van der Waals surface area contributed by atoms with Gasteiger partial charge in [0.25, 0.3) is 0 Å². The van der Waals surface area contributed by atoms with Gasteiger partial charge in [-0.1, -0.05) is 15.9 Å². The highest BCUT2D eigenvalue weighted by molar-refractivity contribution is 9.10. The zero-order valence-corrected chi connectivity index (χ0v) is 10.6. The van der Waals surface area contributed by atoms with Gasteiger partial charge in [-0.3, -0.25) is 0 Å². The summed E-state index contributed by atoms with van der Waals surface area (Å²) < 4.78 is 26.5. The number of hydrogen-bond acceptors (Lipinski definition) is 1. The Labute approximate surface area is 97.0 Å². The molecule has 84 valence electrons. The summed E-state index contributed by atoms with van der Waals surface area (Å²) in [5, 5.41) is 3.11. The van der Waals surface area contributed by atoms with Crippen molar-refractivity contribution in [2.24, 2.45) is 0 Å². The van der Waals surface area contributed by atoms with Gasteiger partial charge in [0.1, 0.15) is 0 Å². The van der Waals surface area contributed by atoms with Gasteiger partial charge in [0, 0.05) is 10.0 Å². The molecule has 1 nitrogen and oxygen atoms in total. The molecular formula is C11H14BrF2N. The van der Waals surface area contributed by atoms with Crippen LogP contribution in [0.3, 0.4) is 0 Å². The van der Waals surface area contributed by atoms with Gasteiger partial charge < -0.3 is 5.32 Å². The van der Waals surface area contributed by atoms with Crippen LogP contribution in [-0.2, 0) is 6.42 Å². The molecule has 1 aromatic carbocycles. The lowest BCUT2D eigenvalue weighted by atomic mass is 9.95. The number of halogens is 3. The van der Waals surface area contributed by atoms with Crippen molar-refractivity contribution in [3.05, 3.63) is 33.8 Å². The van der Waals surface area contributed by atoms with Crippen molar-refractivity contribution >= 4 is 15.9 Å². The third-order valence-corrected chi connectivity index (χ3v) is 3.14. The maximum absolute atomic E-state index is 13.0. The van der Waals surface area contributed by atoms with E-state index in [1.54, 1.807) is 0 Å². The van der Waals surface area contributed by atoms with Gasteiger partial charge in [-0.15, -0.1) is 0 Å². The van der Waals surface area contributed by atoms with Crippen LogP contribution in [0.5, 0.6) is 0 Å². The van der Waals surface area contributed by atoms with Crippen LogP contribution < -0.4 is 5.32 Å². The lowest BCUT2D eigenvalue weighted by Gasteiger charge is -2.24. The standard InChI is InChI=1S/C11H14BrF2N/c1-11(2,15-3)6-7-4-9(13)10(14)5-8(7)12/h4-5,15H,6H2,1-3H3. The molecule has 1 rings (SSSR count). The van der Waals surface area contributed by atoms with Crippen LogP contribution in [0.4, 0.5) is 8.78 Å². The summed E-state index contributed by atoms with van der Waals surface area (Å²) in [6.45, 7) is 4.00. The summed E-state index contributed by atoms with van der Waals surface area (Å²) in [5.41, 5.74) is 0.612. The molecule has 1 aromatic rings. The van der Waals surface area contributed by atoms with E-state index in [1.807, 2.05) is 20.9 Å². The molecule has 0 saturated carbocycles. The monoisotopic (exact) mass is 277 g/mol. The quantitative estimate of drug-likeness (QED) is 0.837. The molecular weight excluding hydrogens is 264 g/mol. The largest absolute Gasteiger partial charge is 0.314 e. The summed E-state index contributed by atoms with van der Waals surface area (Å²) >= 11 is 3.23. The Morgan fingerprint density at radius 3 is 2.33 bits per heavy atom. The lowest BCUT2D eigenvalue weighted by molar-refractivity contribution is 0.419. The van der Waals surface area contributed by atoms with Crippen LogP contribution in [-0.4, -0.2) is 12.6 Å². The first-order valence-corrected chi connectivity index (χ1v) is 5.47. The van der Waals surface area contributed by atoms with E-state index in [1.165, 1.54) is 6.07 Å². The Hall–Kier alpha value is -0.480. The van der Waals surface area contributed by atoms with Crippen molar-refractivity contribution in [1.82, 2.24) is 5.32 Å². The van der Waals surface area contributed by atoms with Gasteiger partial charge in [-0.2, -0.15) is 0 Å². The van der Waals surface area contributed by atoms with Crippen molar-refractivity contribution in [3.8, 4) is 0 Å². The minimum atomic E-state index is -0.826. The van der Waals surface area contributed by atoms with E-state index in [0.29, 0.717) is 10.9 Å². The highest BCUT2D eigenvalue weighted by atomic mass is 79.9. The van der Waals surface area contributed by atoms with Crippen molar-refractivity contribution in [3.63, 3.8) is 0 Å². The maximum Gasteiger partial charge on any atom is 0.159 e. The van der Waals surface area contributed by atoms with E-state index in [4.69, 9.17) is 0 Å². The molecule has 0 aromatic heterocycles. The molecule has 0 bridgehead atoms. The highest BCUT2D eigenvalue weighted by Gasteiger charge is 2.18. The van der Waals surface area contributed by atoms with Crippen LogP contribution in [0.1, 0.15) is 19.4 Å². The second kappa shape index (κ2) is 4.58. The number of hydrogen-bond donors (Lipinski definition) is 1. The van der Waals surface area contributed by atoms with Gasteiger partial charge in [0.05, 0.1) is 0 Å². The number of nitrogens with one attached hydrogen (secondary N) is 1. The molecule has 0 unspecified atom stereocenters. The highest BCUT2D eigenvalue weighted by Crippen LogP contribution is 2.24. The first-order chi connectivity index (χ1) is 6.85. The van der Waals surface area contributed by atoms with Crippen molar-refractivity contribution in [2.45, 2.75) is 25.8 Å². The Bertz CT molecular complexity index is 364. The normalized spacial score (nSPS) is 11.9. The second-order valence-electron chi connectivity index (χ2n) is 4.17. The number of likely N-dealkylation sites (N-methyl/N-ethyl adjacent to an activating group) is 1. The lowest BCUT2D eigenvalue weighted by Crippen LogP contribution is -2.38. The Balaban J connectivity index is 3.01. The summed E-state index contributed by atoms with van der Waals surface area (Å²) in [4.78, 5) is 0. The fourth-order valence-corrected chi connectivity index (χ4v) is 1.72. The Morgan fingerprint density at radius 1 is 1.27 bits per heavy atom. The van der Waals surface area contributed by atoms with Crippen LogP contribution in [0.2, 0.25) is 0 Å². The first-order valence-electron chi connectivity index (χ1n) is 4.68. The van der Waals surface area contributed by atoms with Gasteiger partial charge in [-0.25, -0.2) is 8.78 Å². The topological polar surface area (TPSA) is 12.0 Å². The number of rotatable bonds is 3. The molecule has 0 radical (unpaired) electrons. The zero-order chi connectivity index (χ0) is 11.6. The molecule has 15 heavy (non-hydrogen) atoms.